The minimum atomic E-state index is -0.285. The quantitative estimate of drug-likeness (QED) is 0.707. The predicted octanol–water partition coefficient (Wildman–Crippen LogP) is 1.44. The molecule has 2 heterocycles. The SMILES string of the molecule is CCOC(=O)c1c[nH]n2cccc12. The summed E-state index contributed by atoms with van der Waals surface area (Å²) >= 11 is 0. The molecule has 0 saturated heterocycles. The Labute approximate surface area is 75.1 Å². The van der Waals surface area contributed by atoms with E-state index >= 15 is 0 Å². The van der Waals surface area contributed by atoms with Gasteiger partial charge in [0, 0.05) is 12.4 Å². The van der Waals surface area contributed by atoms with E-state index in [-0.39, 0.29) is 5.97 Å². The van der Waals surface area contributed by atoms with E-state index in [0.29, 0.717) is 12.2 Å². The average molecular weight is 178 g/mol. The molecule has 0 amide bonds. The van der Waals surface area contributed by atoms with Gasteiger partial charge in [-0.2, -0.15) is 0 Å². The van der Waals surface area contributed by atoms with E-state index in [4.69, 9.17) is 4.74 Å². The van der Waals surface area contributed by atoms with E-state index in [0.717, 1.165) is 5.52 Å². The third-order valence-corrected chi connectivity index (χ3v) is 1.87. The lowest BCUT2D eigenvalue weighted by atomic mass is 10.3. The molecular weight excluding hydrogens is 168 g/mol. The number of fused-ring (bicyclic) bond motifs is 1. The highest BCUT2D eigenvalue weighted by Crippen LogP contribution is 2.11. The number of esters is 1. The summed E-state index contributed by atoms with van der Waals surface area (Å²) in [6.07, 6.45) is 3.49. The third-order valence-electron chi connectivity index (χ3n) is 1.87. The fourth-order valence-corrected chi connectivity index (χ4v) is 1.29. The molecule has 0 aliphatic heterocycles. The molecule has 0 radical (unpaired) electrons. The number of carbonyl (C=O) groups is 1. The number of ether oxygens (including phenoxy) is 1. The molecule has 1 N–H and O–H groups in total. The molecule has 0 bridgehead atoms. The van der Waals surface area contributed by atoms with Crippen LogP contribution in [0.15, 0.2) is 24.5 Å². The maximum atomic E-state index is 11.4. The number of aromatic amines is 1. The van der Waals surface area contributed by atoms with Gasteiger partial charge in [0.2, 0.25) is 0 Å². The highest BCUT2D eigenvalue weighted by atomic mass is 16.5. The van der Waals surface area contributed by atoms with Crippen molar-refractivity contribution in [3.8, 4) is 0 Å². The molecule has 2 rings (SSSR count). The summed E-state index contributed by atoms with van der Waals surface area (Å²) in [5.74, 6) is -0.285. The normalized spacial score (nSPS) is 10.5. The van der Waals surface area contributed by atoms with Crippen LogP contribution in [0.2, 0.25) is 0 Å². The molecule has 0 aliphatic carbocycles. The van der Waals surface area contributed by atoms with Crippen LogP contribution in [0.25, 0.3) is 5.52 Å². The zero-order chi connectivity index (χ0) is 9.26. The Morgan fingerprint density at radius 1 is 1.69 bits per heavy atom. The van der Waals surface area contributed by atoms with E-state index in [9.17, 15) is 4.79 Å². The van der Waals surface area contributed by atoms with Crippen molar-refractivity contribution in [1.29, 1.82) is 0 Å². The molecule has 0 aliphatic rings. The maximum Gasteiger partial charge on any atom is 0.341 e. The van der Waals surface area contributed by atoms with Crippen molar-refractivity contribution < 1.29 is 9.53 Å². The molecule has 0 saturated carbocycles. The number of aromatic nitrogens is 2. The standard InChI is InChI=1S/C9H10N2O2/c1-2-13-9(12)7-6-10-11-5-3-4-8(7)11/h3-6,10H,2H2,1H3. The van der Waals surface area contributed by atoms with Gasteiger partial charge in [0.25, 0.3) is 0 Å². The zero-order valence-electron chi connectivity index (χ0n) is 7.28. The number of carbonyl (C=O) groups excluding carboxylic acids is 1. The molecule has 0 spiro atoms. The lowest BCUT2D eigenvalue weighted by Crippen LogP contribution is -2.03. The summed E-state index contributed by atoms with van der Waals surface area (Å²) in [5, 5.41) is 2.92. The topological polar surface area (TPSA) is 46.5 Å². The Hall–Kier alpha value is -1.71. The van der Waals surface area contributed by atoms with Crippen molar-refractivity contribution in [2.75, 3.05) is 6.61 Å². The van der Waals surface area contributed by atoms with Crippen LogP contribution in [0.1, 0.15) is 17.3 Å². The van der Waals surface area contributed by atoms with Gasteiger partial charge in [0.15, 0.2) is 0 Å². The highest BCUT2D eigenvalue weighted by molar-refractivity contribution is 5.96. The predicted molar refractivity (Wildman–Crippen MR) is 47.7 cm³/mol. The van der Waals surface area contributed by atoms with Gasteiger partial charge in [-0.05, 0) is 19.1 Å². The van der Waals surface area contributed by atoms with Crippen LogP contribution in [-0.4, -0.2) is 22.2 Å². The molecular formula is C9H10N2O2. The molecule has 68 valence electrons. The lowest BCUT2D eigenvalue weighted by Gasteiger charge is -1.97. The fourth-order valence-electron chi connectivity index (χ4n) is 1.29. The number of hydrogen-bond acceptors (Lipinski definition) is 2. The Kier molecular flexibility index (Phi) is 1.81. The summed E-state index contributed by atoms with van der Waals surface area (Å²) in [5.41, 5.74) is 1.42. The van der Waals surface area contributed by atoms with Crippen LogP contribution in [0.5, 0.6) is 0 Å². The lowest BCUT2D eigenvalue weighted by molar-refractivity contribution is 0.0528. The van der Waals surface area contributed by atoms with E-state index < -0.39 is 0 Å². The zero-order valence-corrected chi connectivity index (χ0v) is 7.28. The number of nitrogens with zero attached hydrogens (tertiary/aromatic N) is 1. The number of hydrogen-bond donors (Lipinski definition) is 1. The number of nitrogens with one attached hydrogen (secondary N) is 1. The third kappa shape index (κ3) is 1.20. The Bertz CT molecular complexity index is 427. The van der Waals surface area contributed by atoms with E-state index in [2.05, 4.69) is 5.10 Å². The molecule has 2 aromatic heterocycles. The van der Waals surface area contributed by atoms with Gasteiger partial charge in [0.05, 0.1) is 12.1 Å². The second kappa shape index (κ2) is 2.97. The minimum Gasteiger partial charge on any atom is -0.462 e. The second-order valence-corrected chi connectivity index (χ2v) is 2.67. The molecule has 0 fully saturated rings. The summed E-state index contributed by atoms with van der Waals surface area (Å²) in [4.78, 5) is 11.4. The monoisotopic (exact) mass is 178 g/mol. The van der Waals surface area contributed by atoms with Crippen molar-refractivity contribution in [2.45, 2.75) is 6.92 Å². The van der Waals surface area contributed by atoms with E-state index in [1.807, 2.05) is 18.3 Å². The van der Waals surface area contributed by atoms with Crippen LogP contribution in [0.4, 0.5) is 0 Å². The van der Waals surface area contributed by atoms with Gasteiger partial charge < -0.3 is 9.84 Å². The fraction of sp³-hybridized carbons (Fsp3) is 0.222. The Morgan fingerprint density at radius 3 is 3.31 bits per heavy atom. The minimum absolute atomic E-state index is 0.285. The first-order chi connectivity index (χ1) is 6.33. The number of rotatable bonds is 2. The maximum absolute atomic E-state index is 11.4. The average Bonchev–Trinajstić information content (AvgIpc) is 2.62. The molecule has 4 heteroatoms. The van der Waals surface area contributed by atoms with Crippen LogP contribution in [0.3, 0.4) is 0 Å². The van der Waals surface area contributed by atoms with E-state index in [1.54, 1.807) is 17.6 Å². The molecule has 0 aromatic carbocycles. The van der Waals surface area contributed by atoms with Gasteiger partial charge in [-0.1, -0.05) is 0 Å². The molecule has 0 unspecified atom stereocenters. The first kappa shape index (κ1) is 7.91. The Balaban J connectivity index is 2.42. The van der Waals surface area contributed by atoms with Gasteiger partial charge in [-0.25, -0.2) is 4.79 Å². The summed E-state index contributed by atoms with van der Waals surface area (Å²) in [6, 6.07) is 3.73. The first-order valence-electron chi connectivity index (χ1n) is 4.14. The van der Waals surface area contributed by atoms with Crippen molar-refractivity contribution in [2.24, 2.45) is 0 Å². The van der Waals surface area contributed by atoms with E-state index in [1.165, 1.54) is 0 Å². The molecule has 13 heavy (non-hydrogen) atoms. The van der Waals surface area contributed by atoms with Gasteiger partial charge in [0.1, 0.15) is 5.56 Å². The van der Waals surface area contributed by atoms with Gasteiger partial charge in [-0.3, -0.25) is 4.52 Å². The van der Waals surface area contributed by atoms with Crippen LogP contribution >= 0.6 is 0 Å². The molecule has 4 nitrogen and oxygen atoms in total. The van der Waals surface area contributed by atoms with Gasteiger partial charge >= 0.3 is 5.97 Å². The molecule has 0 atom stereocenters. The second-order valence-electron chi connectivity index (χ2n) is 2.67. The van der Waals surface area contributed by atoms with Crippen LogP contribution in [0, 0.1) is 0 Å². The summed E-state index contributed by atoms with van der Waals surface area (Å²) < 4.78 is 6.66. The molecule has 2 aromatic rings. The smallest absolute Gasteiger partial charge is 0.341 e. The van der Waals surface area contributed by atoms with Crippen molar-refractivity contribution in [3.05, 3.63) is 30.1 Å². The summed E-state index contributed by atoms with van der Waals surface area (Å²) in [6.45, 7) is 2.19. The van der Waals surface area contributed by atoms with Gasteiger partial charge in [-0.15, -0.1) is 0 Å². The van der Waals surface area contributed by atoms with Crippen LogP contribution in [-0.2, 0) is 4.74 Å². The van der Waals surface area contributed by atoms with Crippen molar-refractivity contribution >= 4 is 11.5 Å². The Morgan fingerprint density at radius 2 is 2.54 bits per heavy atom. The van der Waals surface area contributed by atoms with Crippen molar-refractivity contribution in [1.82, 2.24) is 9.61 Å². The summed E-state index contributed by atoms with van der Waals surface area (Å²) in [7, 11) is 0. The van der Waals surface area contributed by atoms with Crippen molar-refractivity contribution in [3.63, 3.8) is 0 Å². The number of H-pyrrole nitrogens is 1. The largest absolute Gasteiger partial charge is 0.462 e. The first-order valence-corrected chi connectivity index (χ1v) is 4.14. The highest BCUT2D eigenvalue weighted by Gasteiger charge is 2.11. The van der Waals surface area contributed by atoms with Crippen LogP contribution < -0.4 is 0 Å².